The number of nitrogens with zero attached hydrogens (tertiary/aromatic N) is 3. The number of aromatic nitrogens is 2. The Morgan fingerprint density at radius 3 is 2.29 bits per heavy atom. The number of urea groups is 1. The van der Waals surface area contributed by atoms with E-state index in [-0.39, 0.29) is 30.7 Å². The molecule has 0 fully saturated rings. The van der Waals surface area contributed by atoms with Crippen molar-refractivity contribution >= 4 is 17.9 Å². The normalized spacial score (nSPS) is 9.86. The van der Waals surface area contributed by atoms with Crippen LogP contribution in [-0.4, -0.2) is 59.3 Å². The van der Waals surface area contributed by atoms with E-state index in [0.29, 0.717) is 6.54 Å². The molecule has 2 N–H and O–H groups in total. The van der Waals surface area contributed by atoms with E-state index >= 15 is 0 Å². The average Bonchev–Trinajstić information content (AvgIpc) is 2.47. The van der Waals surface area contributed by atoms with Gasteiger partial charge in [-0.05, 0) is 6.92 Å². The van der Waals surface area contributed by atoms with E-state index in [1.807, 2.05) is 0 Å². The molecule has 0 saturated carbocycles. The Morgan fingerprint density at radius 1 is 1.29 bits per heavy atom. The molecule has 9 heteroatoms. The number of nitrogens with one attached hydrogen (secondary N) is 1. The zero-order valence-electron chi connectivity index (χ0n) is 12.1. The molecule has 0 aromatic carbocycles. The number of ether oxygens (including phenoxy) is 2. The van der Waals surface area contributed by atoms with Crippen LogP contribution in [0.3, 0.4) is 0 Å². The highest BCUT2D eigenvalue weighted by atomic mass is 16.5. The lowest BCUT2D eigenvalue weighted by Gasteiger charge is -2.20. The SMILES string of the molecule is CCN(CCC(=O)O)C(=O)Nc1nc(OC)cc(OC)n1. The van der Waals surface area contributed by atoms with E-state index in [0.717, 1.165) is 0 Å². The van der Waals surface area contributed by atoms with Gasteiger partial charge in [0.05, 0.1) is 26.7 Å². The van der Waals surface area contributed by atoms with Gasteiger partial charge in [0, 0.05) is 13.1 Å². The van der Waals surface area contributed by atoms with Crippen molar-refractivity contribution < 1.29 is 24.2 Å². The minimum Gasteiger partial charge on any atom is -0.481 e. The Kier molecular flexibility index (Phi) is 6.18. The van der Waals surface area contributed by atoms with E-state index < -0.39 is 12.0 Å². The molecule has 1 aromatic rings. The summed E-state index contributed by atoms with van der Waals surface area (Å²) >= 11 is 0. The number of carboxylic acids is 1. The molecule has 21 heavy (non-hydrogen) atoms. The van der Waals surface area contributed by atoms with Gasteiger partial charge in [-0.1, -0.05) is 0 Å². The molecule has 0 atom stereocenters. The topological polar surface area (TPSA) is 114 Å². The van der Waals surface area contributed by atoms with Crippen LogP contribution >= 0.6 is 0 Å². The summed E-state index contributed by atoms with van der Waals surface area (Å²) in [6.07, 6.45) is -0.135. The van der Waals surface area contributed by atoms with Gasteiger partial charge in [-0.2, -0.15) is 9.97 Å². The molecule has 1 aromatic heterocycles. The van der Waals surface area contributed by atoms with Crippen LogP contribution in [0.4, 0.5) is 10.7 Å². The van der Waals surface area contributed by atoms with Crippen LogP contribution in [0, 0.1) is 0 Å². The number of rotatable bonds is 7. The van der Waals surface area contributed by atoms with E-state index in [1.54, 1.807) is 6.92 Å². The second kappa shape index (κ2) is 7.88. The van der Waals surface area contributed by atoms with Crippen LogP contribution in [0.25, 0.3) is 0 Å². The van der Waals surface area contributed by atoms with Crippen molar-refractivity contribution in [1.82, 2.24) is 14.9 Å². The van der Waals surface area contributed by atoms with Gasteiger partial charge in [-0.3, -0.25) is 10.1 Å². The number of anilines is 1. The maximum Gasteiger partial charge on any atom is 0.324 e. The molecule has 0 aliphatic carbocycles. The summed E-state index contributed by atoms with van der Waals surface area (Å²) in [6.45, 7) is 2.20. The molecule has 116 valence electrons. The third-order valence-electron chi connectivity index (χ3n) is 2.58. The van der Waals surface area contributed by atoms with Crippen LogP contribution in [-0.2, 0) is 4.79 Å². The lowest BCUT2D eigenvalue weighted by Crippen LogP contribution is -2.36. The highest BCUT2D eigenvalue weighted by molar-refractivity contribution is 5.87. The predicted octanol–water partition coefficient (Wildman–Crippen LogP) is 0.822. The summed E-state index contributed by atoms with van der Waals surface area (Å²) in [5.74, 6) is -0.470. The first-order chi connectivity index (χ1) is 9.99. The third-order valence-corrected chi connectivity index (χ3v) is 2.58. The first-order valence-corrected chi connectivity index (χ1v) is 6.25. The fraction of sp³-hybridized carbons (Fsp3) is 0.500. The van der Waals surface area contributed by atoms with Crippen LogP contribution in [0.5, 0.6) is 11.8 Å². The van der Waals surface area contributed by atoms with Crippen molar-refractivity contribution in [2.75, 3.05) is 32.6 Å². The van der Waals surface area contributed by atoms with Crippen molar-refractivity contribution in [3.05, 3.63) is 6.07 Å². The molecule has 2 amide bonds. The smallest absolute Gasteiger partial charge is 0.324 e. The number of carboxylic acid groups (broad SMARTS) is 1. The molecule has 0 spiro atoms. The molecule has 0 radical (unpaired) electrons. The number of aliphatic carboxylic acids is 1. The number of hydrogen-bond acceptors (Lipinski definition) is 6. The number of carbonyl (C=O) groups is 2. The zero-order valence-corrected chi connectivity index (χ0v) is 12.1. The second-order valence-corrected chi connectivity index (χ2v) is 3.93. The Labute approximate surface area is 121 Å². The van der Waals surface area contributed by atoms with Gasteiger partial charge in [0.15, 0.2) is 0 Å². The van der Waals surface area contributed by atoms with Gasteiger partial charge in [0.1, 0.15) is 0 Å². The molecule has 1 rings (SSSR count). The van der Waals surface area contributed by atoms with Gasteiger partial charge in [0.2, 0.25) is 17.7 Å². The first-order valence-electron chi connectivity index (χ1n) is 6.25. The quantitative estimate of drug-likeness (QED) is 0.766. The minimum absolute atomic E-state index is 0.0185. The van der Waals surface area contributed by atoms with Crippen LogP contribution in [0.2, 0.25) is 0 Å². The van der Waals surface area contributed by atoms with Gasteiger partial charge < -0.3 is 19.5 Å². The zero-order chi connectivity index (χ0) is 15.8. The Bertz CT molecular complexity index is 486. The summed E-state index contributed by atoms with van der Waals surface area (Å²) in [7, 11) is 2.86. The van der Waals surface area contributed by atoms with E-state index in [1.165, 1.54) is 25.2 Å². The Morgan fingerprint density at radius 2 is 1.86 bits per heavy atom. The highest BCUT2D eigenvalue weighted by Gasteiger charge is 2.15. The molecular formula is C12H18N4O5. The molecular weight excluding hydrogens is 280 g/mol. The molecule has 0 aliphatic rings. The van der Waals surface area contributed by atoms with E-state index in [4.69, 9.17) is 14.6 Å². The van der Waals surface area contributed by atoms with Crippen molar-refractivity contribution in [2.24, 2.45) is 0 Å². The molecule has 0 unspecified atom stereocenters. The Balaban J connectivity index is 2.78. The second-order valence-electron chi connectivity index (χ2n) is 3.93. The molecule has 0 bridgehead atoms. The van der Waals surface area contributed by atoms with E-state index in [2.05, 4.69) is 15.3 Å². The van der Waals surface area contributed by atoms with Crippen LogP contribution in [0.1, 0.15) is 13.3 Å². The largest absolute Gasteiger partial charge is 0.481 e. The van der Waals surface area contributed by atoms with E-state index in [9.17, 15) is 9.59 Å². The summed E-state index contributed by atoms with van der Waals surface area (Å²) in [5.41, 5.74) is 0. The predicted molar refractivity (Wildman–Crippen MR) is 73.7 cm³/mol. The van der Waals surface area contributed by atoms with Gasteiger partial charge in [-0.25, -0.2) is 4.79 Å². The monoisotopic (exact) mass is 298 g/mol. The number of amides is 2. The average molecular weight is 298 g/mol. The van der Waals surface area contributed by atoms with Crippen molar-refractivity contribution in [1.29, 1.82) is 0 Å². The lowest BCUT2D eigenvalue weighted by molar-refractivity contribution is -0.137. The lowest BCUT2D eigenvalue weighted by atomic mass is 10.4. The van der Waals surface area contributed by atoms with Crippen LogP contribution in [0.15, 0.2) is 6.07 Å². The van der Waals surface area contributed by atoms with Crippen molar-refractivity contribution in [3.8, 4) is 11.8 Å². The number of hydrogen-bond donors (Lipinski definition) is 2. The van der Waals surface area contributed by atoms with Gasteiger partial charge in [0.25, 0.3) is 0 Å². The fourth-order valence-electron chi connectivity index (χ4n) is 1.48. The highest BCUT2D eigenvalue weighted by Crippen LogP contribution is 2.17. The summed E-state index contributed by atoms with van der Waals surface area (Å²) in [4.78, 5) is 31.8. The van der Waals surface area contributed by atoms with Gasteiger partial charge in [-0.15, -0.1) is 0 Å². The van der Waals surface area contributed by atoms with Crippen molar-refractivity contribution in [3.63, 3.8) is 0 Å². The minimum atomic E-state index is -0.972. The van der Waals surface area contributed by atoms with Gasteiger partial charge >= 0.3 is 12.0 Å². The standard InChI is InChI=1S/C12H18N4O5/c1-4-16(6-5-10(17)18)12(19)15-11-13-8(20-2)7-9(14-11)21-3/h7H,4-6H2,1-3H3,(H,17,18)(H,13,14,15,19). The number of methoxy groups -OCH3 is 2. The Hall–Kier alpha value is -2.58. The maximum atomic E-state index is 12.0. The van der Waals surface area contributed by atoms with Crippen molar-refractivity contribution in [2.45, 2.75) is 13.3 Å². The summed E-state index contributed by atoms with van der Waals surface area (Å²) in [5, 5.41) is 11.1. The molecule has 1 heterocycles. The van der Waals surface area contributed by atoms with Crippen LogP contribution < -0.4 is 14.8 Å². The first kappa shape index (κ1) is 16.5. The summed E-state index contributed by atoms with van der Waals surface area (Å²) < 4.78 is 9.94. The number of carbonyl (C=O) groups excluding carboxylic acids is 1. The third kappa shape index (κ3) is 5.13. The molecule has 0 aliphatic heterocycles. The fourth-order valence-corrected chi connectivity index (χ4v) is 1.48. The molecule has 9 nitrogen and oxygen atoms in total. The molecule has 0 saturated heterocycles. The maximum absolute atomic E-state index is 12.0. The summed E-state index contributed by atoms with van der Waals surface area (Å²) in [6, 6.07) is 0.978.